The van der Waals surface area contributed by atoms with Crippen molar-refractivity contribution in [3.63, 3.8) is 0 Å². The lowest BCUT2D eigenvalue weighted by Gasteiger charge is -2.37. The number of nitrogens with zero attached hydrogens (tertiary/aromatic N) is 2. The standard InChI is InChI=1S/C18H26N2O2/c1-14-2-5-16(22-14)13-19-9-6-18(7-10-19)8-11-20(17(18)21)12-15-3-4-15/h2,5,15H,3-4,6-13H2,1H3. The topological polar surface area (TPSA) is 36.7 Å². The molecule has 3 aliphatic rings. The van der Waals surface area contributed by atoms with Crippen LogP contribution < -0.4 is 0 Å². The van der Waals surface area contributed by atoms with Gasteiger partial charge in [-0.05, 0) is 70.2 Å². The van der Waals surface area contributed by atoms with Crippen molar-refractivity contribution in [2.75, 3.05) is 26.2 Å². The average Bonchev–Trinajstić information content (AvgIpc) is 3.18. The van der Waals surface area contributed by atoms with E-state index < -0.39 is 0 Å². The van der Waals surface area contributed by atoms with Crippen molar-refractivity contribution in [3.8, 4) is 0 Å². The Morgan fingerprint density at radius 2 is 1.91 bits per heavy atom. The number of piperidine rings is 1. The summed E-state index contributed by atoms with van der Waals surface area (Å²) < 4.78 is 5.68. The number of carbonyl (C=O) groups excluding carboxylic acids is 1. The summed E-state index contributed by atoms with van der Waals surface area (Å²) in [7, 11) is 0. The molecule has 1 aromatic heterocycles. The van der Waals surface area contributed by atoms with E-state index in [1.165, 1.54) is 12.8 Å². The number of amides is 1. The van der Waals surface area contributed by atoms with Crippen molar-refractivity contribution in [2.24, 2.45) is 11.3 Å². The number of rotatable bonds is 4. The molecule has 0 radical (unpaired) electrons. The molecule has 4 nitrogen and oxygen atoms in total. The van der Waals surface area contributed by atoms with Gasteiger partial charge < -0.3 is 9.32 Å². The van der Waals surface area contributed by atoms with Crippen LogP contribution in [0.1, 0.15) is 43.6 Å². The van der Waals surface area contributed by atoms with E-state index in [1.807, 2.05) is 13.0 Å². The molecule has 1 spiro atoms. The van der Waals surface area contributed by atoms with Crippen LogP contribution >= 0.6 is 0 Å². The fraction of sp³-hybridized carbons (Fsp3) is 0.722. The molecule has 1 saturated carbocycles. The molecule has 2 aliphatic heterocycles. The molecule has 4 rings (SSSR count). The fourth-order valence-corrected chi connectivity index (χ4v) is 4.07. The molecule has 4 heteroatoms. The van der Waals surface area contributed by atoms with E-state index in [4.69, 9.17) is 4.42 Å². The van der Waals surface area contributed by atoms with Crippen LogP contribution in [0.3, 0.4) is 0 Å². The zero-order valence-corrected chi connectivity index (χ0v) is 13.5. The first kappa shape index (κ1) is 14.3. The van der Waals surface area contributed by atoms with Gasteiger partial charge in [0.15, 0.2) is 0 Å². The molecule has 3 heterocycles. The number of aryl methyl sites for hydroxylation is 1. The molecule has 0 unspecified atom stereocenters. The van der Waals surface area contributed by atoms with E-state index in [9.17, 15) is 4.79 Å². The first-order chi connectivity index (χ1) is 10.6. The predicted octanol–water partition coefficient (Wildman–Crippen LogP) is 2.81. The molecule has 2 saturated heterocycles. The lowest BCUT2D eigenvalue weighted by Crippen LogP contribution is -2.44. The van der Waals surface area contributed by atoms with Crippen LogP contribution in [0.4, 0.5) is 0 Å². The molecule has 0 atom stereocenters. The number of hydrogen-bond acceptors (Lipinski definition) is 3. The molecule has 1 aliphatic carbocycles. The van der Waals surface area contributed by atoms with Crippen molar-refractivity contribution < 1.29 is 9.21 Å². The van der Waals surface area contributed by atoms with Crippen LogP contribution in [-0.2, 0) is 11.3 Å². The number of hydrogen-bond donors (Lipinski definition) is 0. The Bertz CT molecular complexity index is 553. The maximum absolute atomic E-state index is 12.8. The largest absolute Gasteiger partial charge is 0.465 e. The lowest BCUT2D eigenvalue weighted by molar-refractivity contribution is -0.138. The molecule has 1 aromatic rings. The third-order valence-electron chi connectivity index (χ3n) is 5.77. The van der Waals surface area contributed by atoms with E-state index in [-0.39, 0.29) is 5.41 Å². The molecular formula is C18H26N2O2. The Hall–Kier alpha value is -1.29. The first-order valence-electron chi connectivity index (χ1n) is 8.72. The summed E-state index contributed by atoms with van der Waals surface area (Å²) in [5.41, 5.74) is -0.0372. The van der Waals surface area contributed by atoms with Gasteiger partial charge in [0.2, 0.25) is 5.91 Å². The van der Waals surface area contributed by atoms with Crippen LogP contribution in [0.25, 0.3) is 0 Å². The SMILES string of the molecule is Cc1ccc(CN2CCC3(CC2)CCN(CC2CC2)C3=O)o1. The van der Waals surface area contributed by atoms with Crippen LogP contribution in [-0.4, -0.2) is 41.9 Å². The van der Waals surface area contributed by atoms with Crippen LogP contribution in [0.2, 0.25) is 0 Å². The number of likely N-dealkylation sites (tertiary alicyclic amines) is 2. The predicted molar refractivity (Wildman–Crippen MR) is 84.3 cm³/mol. The Kier molecular flexibility index (Phi) is 3.52. The molecule has 22 heavy (non-hydrogen) atoms. The van der Waals surface area contributed by atoms with Crippen LogP contribution in [0.5, 0.6) is 0 Å². The number of carbonyl (C=O) groups is 1. The summed E-state index contributed by atoms with van der Waals surface area (Å²) in [6, 6.07) is 4.09. The maximum Gasteiger partial charge on any atom is 0.228 e. The molecule has 0 bridgehead atoms. The smallest absolute Gasteiger partial charge is 0.228 e. The molecular weight excluding hydrogens is 276 g/mol. The summed E-state index contributed by atoms with van der Waals surface area (Å²) in [6.07, 6.45) is 5.77. The third-order valence-corrected chi connectivity index (χ3v) is 5.77. The van der Waals surface area contributed by atoms with E-state index >= 15 is 0 Å². The highest BCUT2D eigenvalue weighted by molar-refractivity contribution is 5.85. The van der Waals surface area contributed by atoms with Gasteiger partial charge in [-0.2, -0.15) is 0 Å². The van der Waals surface area contributed by atoms with Gasteiger partial charge in [-0.25, -0.2) is 0 Å². The molecule has 1 amide bonds. The van der Waals surface area contributed by atoms with Crippen molar-refractivity contribution >= 4 is 5.91 Å². The highest BCUT2D eigenvalue weighted by Gasteiger charge is 2.48. The van der Waals surface area contributed by atoms with Gasteiger partial charge in [0.05, 0.1) is 12.0 Å². The van der Waals surface area contributed by atoms with Crippen molar-refractivity contribution in [1.29, 1.82) is 0 Å². The number of furan rings is 1. The first-order valence-corrected chi connectivity index (χ1v) is 8.72. The second kappa shape index (κ2) is 5.41. The van der Waals surface area contributed by atoms with Crippen molar-refractivity contribution in [3.05, 3.63) is 23.7 Å². The molecule has 0 aromatic carbocycles. The van der Waals surface area contributed by atoms with E-state index in [0.29, 0.717) is 5.91 Å². The molecule has 0 N–H and O–H groups in total. The zero-order valence-electron chi connectivity index (χ0n) is 13.5. The van der Waals surface area contributed by atoms with Crippen LogP contribution in [0, 0.1) is 18.3 Å². The molecule has 120 valence electrons. The van der Waals surface area contributed by atoms with E-state index in [2.05, 4.69) is 15.9 Å². The minimum Gasteiger partial charge on any atom is -0.465 e. The zero-order chi connectivity index (χ0) is 15.2. The van der Waals surface area contributed by atoms with Crippen molar-refractivity contribution in [1.82, 2.24) is 9.80 Å². The summed E-state index contributed by atoms with van der Waals surface area (Å²) in [5, 5.41) is 0. The van der Waals surface area contributed by atoms with Gasteiger partial charge >= 0.3 is 0 Å². The van der Waals surface area contributed by atoms with Gasteiger partial charge in [-0.3, -0.25) is 9.69 Å². The van der Waals surface area contributed by atoms with Gasteiger partial charge in [0.1, 0.15) is 11.5 Å². The Morgan fingerprint density at radius 3 is 2.55 bits per heavy atom. The van der Waals surface area contributed by atoms with E-state index in [1.54, 1.807) is 0 Å². The average molecular weight is 302 g/mol. The Morgan fingerprint density at radius 1 is 1.18 bits per heavy atom. The van der Waals surface area contributed by atoms with Gasteiger partial charge in [-0.1, -0.05) is 0 Å². The summed E-state index contributed by atoms with van der Waals surface area (Å²) in [5.74, 6) is 3.28. The summed E-state index contributed by atoms with van der Waals surface area (Å²) >= 11 is 0. The van der Waals surface area contributed by atoms with Crippen molar-refractivity contribution in [2.45, 2.75) is 45.6 Å². The maximum atomic E-state index is 12.8. The Labute approximate surface area is 132 Å². The second-order valence-electron chi connectivity index (χ2n) is 7.51. The molecule has 3 fully saturated rings. The van der Waals surface area contributed by atoms with E-state index in [0.717, 1.165) is 69.4 Å². The highest BCUT2D eigenvalue weighted by Crippen LogP contribution is 2.43. The fourth-order valence-electron chi connectivity index (χ4n) is 4.07. The summed E-state index contributed by atoms with van der Waals surface area (Å²) in [6.45, 7) is 6.92. The van der Waals surface area contributed by atoms with Gasteiger partial charge in [0, 0.05) is 13.1 Å². The second-order valence-corrected chi connectivity index (χ2v) is 7.51. The third kappa shape index (κ3) is 2.69. The quantitative estimate of drug-likeness (QED) is 0.858. The lowest BCUT2D eigenvalue weighted by atomic mass is 9.77. The minimum atomic E-state index is -0.0372. The minimum absolute atomic E-state index is 0.0372. The monoisotopic (exact) mass is 302 g/mol. The normalized spacial score (nSPS) is 25.3. The van der Waals surface area contributed by atoms with Gasteiger partial charge in [-0.15, -0.1) is 0 Å². The Balaban J connectivity index is 1.34. The summed E-state index contributed by atoms with van der Waals surface area (Å²) in [4.78, 5) is 17.4. The highest BCUT2D eigenvalue weighted by atomic mass is 16.3. The van der Waals surface area contributed by atoms with Crippen LogP contribution in [0.15, 0.2) is 16.5 Å². The van der Waals surface area contributed by atoms with Gasteiger partial charge in [0.25, 0.3) is 0 Å².